The molecule has 3 rings (SSSR count). The van der Waals surface area contributed by atoms with Gasteiger partial charge in [0, 0.05) is 0 Å². The Morgan fingerprint density at radius 1 is 1.12 bits per heavy atom. The highest BCUT2D eigenvalue weighted by Gasteiger charge is 2.73. The number of carbonyl (C=O) groups excluding carboxylic acids is 2. The number of allylic oxidation sites excluding steroid dienone is 2. The highest BCUT2D eigenvalue weighted by molar-refractivity contribution is 6.24. The Morgan fingerprint density at radius 3 is 2.24 bits per heavy atom. The van der Waals surface area contributed by atoms with Gasteiger partial charge in [-0.05, 0) is 51.0 Å². The minimum Gasteiger partial charge on any atom is -0.497 e. The van der Waals surface area contributed by atoms with Crippen LogP contribution < -0.4 is 9.64 Å². The number of fused-ring (bicyclic) bond motifs is 1. The van der Waals surface area contributed by atoms with E-state index in [1.165, 1.54) is 31.4 Å². The van der Waals surface area contributed by atoms with Crippen LogP contribution >= 0.6 is 0 Å². The summed E-state index contributed by atoms with van der Waals surface area (Å²) in [5.74, 6) is -2.91. The predicted octanol–water partition coefficient (Wildman–Crippen LogP) is 3.86. The molecule has 25 heavy (non-hydrogen) atoms. The number of methoxy groups -OCH3 is 1. The molecule has 0 bridgehead atoms. The third kappa shape index (κ3) is 2.36. The van der Waals surface area contributed by atoms with Gasteiger partial charge in [-0.2, -0.15) is 13.2 Å². The van der Waals surface area contributed by atoms with Crippen LogP contribution in [0.15, 0.2) is 35.4 Å². The lowest BCUT2D eigenvalue weighted by atomic mass is 9.65. The first kappa shape index (κ1) is 17.5. The molecule has 2 atom stereocenters. The number of anilines is 1. The molecule has 2 amide bonds. The van der Waals surface area contributed by atoms with Gasteiger partial charge in [-0.1, -0.05) is 11.1 Å². The van der Waals surface area contributed by atoms with Gasteiger partial charge < -0.3 is 4.74 Å². The number of amides is 2. The van der Waals surface area contributed by atoms with E-state index in [4.69, 9.17) is 4.74 Å². The van der Waals surface area contributed by atoms with Crippen molar-refractivity contribution in [1.82, 2.24) is 0 Å². The van der Waals surface area contributed by atoms with Gasteiger partial charge >= 0.3 is 6.18 Å². The third-order valence-corrected chi connectivity index (χ3v) is 5.32. The lowest BCUT2D eigenvalue weighted by Gasteiger charge is -2.37. The zero-order chi connectivity index (χ0) is 18.6. The number of hydrogen-bond acceptors (Lipinski definition) is 3. The number of hydrogen-bond donors (Lipinski definition) is 0. The quantitative estimate of drug-likeness (QED) is 0.599. The topological polar surface area (TPSA) is 46.6 Å². The molecule has 0 radical (unpaired) electrons. The molecule has 1 fully saturated rings. The van der Waals surface area contributed by atoms with Gasteiger partial charge in [0.05, 0.1) is 18.7 Å². The van der Waals surface area contributed by atoms with Gasteiger partial charge in [-0.15, -0.1) is 0 Å². The first-order valence-electron chi connectivity index (χ1n) is 7.88. The summed E-state index contributed by atoms with van der Waals surface area (Å²) in [5.41, 5.74) is -1.29. The van der Waals surface area contributed by atoms with Crippen molar-refractivity contribution in [3.05, 3.63) is 35.4 Å². The SMILES string of the molecule is COc1ccc(N2C(=O)C3CC(C)=C(C)CC3(C(F)(F)F)C2=O)cc1. The summed E-state index contributed by atoms with van der Waals surface area (Å²) in [7, 11) is 1.45. The van der Waals surface area contributed by atoms with Gasteiger partial charge in [-0.25, -0.2) is 4.90 Å². The van der Waals surface area contributed by atoms with E-state index in [1.807, 2.05) is 0 Å². The fourth-order valence-corrected chi connectivity index (χ4v) is 3.72. The number of nitrogens with zero attached hydrogens (tertiary/aromatic N) is 1. The first-order chi connectivity index (χ1) is 11.6. The van der Waals surface area contributed by atoms with E-state index in [-0.39, 0.29) is 12.1 Å². The summed E-state index contributed by atoms with van der Waals surface area (Å²) in [6, 6.07) is 5.85. The summed E-state index contributed by atoms with van der Waals surface area (Å²) >= 11 is 0. The van der Waals surface area contributed by atoms with Crippen LogP contribution in [-0.4, -0.2) is 25.1 Å². The summed E-state index contributed by atoms with van der Waals surface area (Å²) in [4.78, 5) is 26.3. The molecule has 1 aromatic rings. The van der Waals surface area contributed by atoms with Crippen LogP contribution in [0.25, 0.3) is 0 Å². The monoisotopic (exact) mass is 353 g/mol. The molecule has 1 aliphatic carbocycles. The Bertz CT molecular complexity index is 767. The van der Waals surface area contributed by atoms with E-state index >= 15 is 0 Å². The van der Waals surface area contributed by atoms with Crippen LogP contribution in [0.5, 0.6) is 5.75 Å². The van der Waals surface area contributed by atoms with Crippen molar-refractivity contribution in [1.29, 1.82) is 0 Å². The second kappa shape index (κ2) is 5.61. The molecule has 134 valence electrons. The van der Waals surface area contributed by atoms with Gasteiger partial charge in [-0.3, -0.25) is 9.59 Å². The number of halogens is 3. The summed E-state index contributed by atoms with van der Waals surface area (Å²) in [5, 5.41) is 0. The van der Waals surface area contributed by atoms with Crippen molar-refractivity contribution >= 4 is 17.5 Å². The minimum absolute atomic E-state index is 0.0530. The summed E-state index contributed by atoms with van der Waals surface area (Å²) in [6.07, 6.45) is -5.32. The number of benzene rings is 1. The molecule has 1 heterocycles. The smallest absolute Gasteiger partial charge is 0.404 e. The van der Waals surface area contributed by atoms with E-state index in [1.54, 1.807) is 13.8 Å². The fourth-order valence-electron chi connectivity index (χ4n) is 3.72. The number of ether oxygens (including phenoxy) is 1. The molecule has 0 saturated carbocycles. The van der Waals surface area contributed by atoms with E-state index in [0.717, 1.165) is 5.57 Å². The molecule has 1 saturated heterocycles. The molecule has 0 aromatic heterocycles. The van der Waals surface area contributed by atoms with E-state index in [2.05, 4.69) is 0 Å². The van der Waals surface area contributed by atoms with Gasteiger partial charge in [0.25, 0.3) is 0 Å². The Labute approximate surface area is 143 Å². The standard InChI is InChI=1S/C18H18F3NO3/c1-10-8-14-15(23)22(12-4-6-13(25-3)7-5-12)16(24)17(14,9-11(10)2)18(19,20)21/h4-7,14H,8-9H2,1-3H3. The van der Waals surface area contributed by atoms with Crippen LogP contribution in [0, 0.1) is 11.3 Å². The number of carbonyl (C=O) groups is 2. The zero-order valence-electron chi connectivity index (χ0n) is 14.1. The molecular formula is C18H18F3NO3. The van der Waals surface area contributed by atoms with Crippen molar-refractivity contribution in [3.63, 3.8) is 0 Å². The van der Waals surface area contributed by atoms with Gasteiger partial charge in [0.2, 0.25) is 11.8 Å². The van der Waals surface area contributed by atoms with Crippen molar-refractivity contribution in [3.8, 4) is 5.75 Å². The molecule has 7 heteroatoms. The van der Waals surface area contributed by atoms with Crippen LogP contribution in [0.2, 0.25) is 0 Å². The van der Waals surface area contributed by atoms with Crippen molar-refractivity contribution in [2.75, 3.05) is 12.0 Å². The van der Waals surface area contributed by atoms with Crippen molar-refractivity contribution in [2.24, 2.45) is 11.3 Å². The third-order valence-electron chi connectivity index (χ3n) is 5.32. The molecule has 1 aromatic carbocycles. The number of alkyl halides is 3. The molecule has 2 unspecified atom stereocenters. The molecule has 0 spiro atoms. The highest BCUT2D eigenvalue weighted by Crippen LogP contribution is 2.58. The maximum Gasteiger partial charge on any atom is 0.404 e. The van der Waals surface area contributed by atoms with Gasteiger partial charge in [0.1, 0.15) is 5.75 Å². The Balaban J connectivity index is 2.11. The molecule has 0 N–H and O–H groups in total. The van der Waals surface area contributed by atoms with Crippen molar-refractivity contribution < 1.29 is 27.5 Å². The van der Waals surface area contributed by atoms with Gasteiger partial charge in [0.15, 0.2) is 5.41 Å². The molecule has 4 nitrogen and oxygen atoms in total. The van der Waals surface area contributed by atoms with Crippen LogP contribution in [0.1, 0.15) is 26.7 Å². The zero-order valence-corrected chi connectivity index (χ0v) is 14.1. The lowest BCUT2D eigenvalue weighted by molar-refractivity contribution is -0.230. The highest BCUT2D eigenvalue weighted by atomic mass is 19.4. The van der Waals surface area contributed by atoms with E-state index in [9.17, 15) is 22.8 Å². The average Bonchev–Trinajstić information content (AvgIpc) is 2.77. The molecular weight excluding hydrogens is 335 g/mol. The number of rotatable bonds is 2. The molecule has 2 aliphatic rings. The van der Waals surface area contributed by atoms with Crippen LogP contribution in [0.4, 0.5) is 18.9 Å². The normalized spacial score (nSPS) is 27.0. The summed E-state index contributed by atoms with van der Waals surface area (Å²) < 4.78 is 46.9. The van der Waals surface area contributed by atoms with Crippen LogP contribution in [0.3, 0.4) is 0 Å². The fraction of sp³-hybridized carbons (Fsp3) is 0.444. The predicted molar refractivity (Wildman–Crippen MR) is 85.1 cm³/mol. The Kier molecular flexibility index (Phi) is 3.93. The molecule has 1 aliphatic heterocycles. The Hall–Kier alpha value is -2.31. The van der Waals surface area contributed by atoms with E-state index in [0.29, 0.717) is 16.2 Å². The number of imide groups is 1. The largest absolute Gasteiger partial charge is 0.497 e. The second-order valence-corrected chi connectivity index (χ2v) is 6.64. The summed E-state index contributed by atoms with van der Waals surface area (Å²) in [6.45, 7) is 3.30. The second-order valence-electron chi connectivity index (χ2n) is 6.64. The van der Waals surface area contributed by atoms with Crippen LogP contribution in [-0.2, 0) is 9.59 Å². The lowest BCUT2D eigenvalue weighted by Crippen LogP contribution is -2.50. The minimum atomic E-state index is -4.80. The maximum atomic E-state index is 14.0. The Morgan fingerprint density at radius 2 is 1.72 bits per heavy atom. The first-order valence-corrected chi connectivity index (χ1v) is 7.88. The van der Waals surface area contributed by atoms with E-state index < -0.39 is 35.7 Å². The van der Waals surface area contributed by atoms with Crippen molar-refractivity contribution in [2.45, 2.75) is 32.9 Å². The maximum absolute atomic E-state index is 14.0. The average molecular weight is 353 g/mol.